The quantitative estimate of drug-likeness (QED) is 0.614. The van der Waals surface area contributed by atoms with Crippen LogP contribution in [0.3, 0.4) is 0 Å². The van der Waals surface area contributed by atoms with E-state index in [-0.39, 0.29) is 49.7 Å². The van der Waals surface area contributed by atoms with Crippen molar-refractivity contribution in [2.45, 2.75) is 12.8 Å². The van der Waals surface area contributed by atoms with Crippen LogP contribution in [0.25, 0.3) is 11.0 Å². The number of nitrogens with one attached hydrogen (secondary N) is 2. The van der Waals surface area contributed by atoms with E-state index in [0.717, 1.165) is 29.7 Å². The van der Waals surface area contributed by atoms with Crippen LogP contribution >= 0.6 is 24.8 Å². The lowest BCUT2D eigenvalue weighted by atomic mass is 10.3. The van der Waals surface area contributed by atoms with Crippen molar-refractivity contribution in [1.29, 1.82) is 0 Å². The van der Waals surface area contributed by atoms with Gasteiger partial charge in [-0.25, -0.2) is 4.98 Å². The molecule has 0 unspecified atom stereocenters. The third-order valence-corrected chi connectivity index (χ3v) is 3.41. The SMILES string of the molecule is Cl.Cl.Cn1c(CCCNC(=O)CNC(=O)CN)nc2ccccc21. The Morgan fingerprint density at radius 1 is 1.17 bits per heavy atom. The number of hydrogen-bond acceptors (Lipinski definition) is 4. The van der Waals surface area contributed by atoms with Crippen LogP contribution in [0.5, 0.6) is 0 Å². The molecule has 2 rings (SSSR count). The van der Waals surface area contributed by atoms with Crippen LogP contribution in [-0.4, -0.2) is 41.0 Å². The molecule has 0 spiro atoms. The molecular weight excluding hydrogens is 353 g/mol. The average Bonchev–Trinajstić information content (AvgIpc) is 2.86. The first kappa shape index (κ1) is 22.2. The number of carbonyl (C=O) groups excluding carboxylic acids is 2. The molecule has 134 valence electrons. The van der Waals surface area contributed by atoms with Gasteiger partial charge in [0.05, 0.1) is 24.1 Å². The fourth-order valence-electron chi connectivity index (χ4n) is 2.21. The largest absolute Gasteiger partial charge is 0.355 e. The van der Waals surface area contributed by atoms with Gasteiger partial charge in [0, 0.05) is 20.0 Å². The number of amides is 2. The molecule has 0 bridgehead atoms. The summed E-state index contributed by atoms with van der Waals surface area (Å²) in [5.41, 5.74) is 7.22. The van der Waals surface area contributed by atoms with Crippen molar-refractivity contribution in [3.63, 3.8) is 0 Å². The monoisotopic (exact) mass is 375 g/mol. The lowest BCUT2D eigenvalue weighted by Crippen LogP contribution is -2.39. The summed E-state index contributed by atoms with van der Waals surface area (Å²) >= 11 is 0. The lowest BCUT2D eigenvalue weighted by molar-refractivity contribution is -0.125. The fraction of sp³-hybridized carbons (Fsp3) is 0.400. The molecule has 1 heterocycles. The van der Waals surface area contributed by atoms with E-state index in [4.69, 9.17) is 5.73 Å². The Balaban J connectivity index is 0.00000264. The first-order valence-corrected chi connectivity index (χ1v) is 7.25. The van der Waals surface area contributed by atoms with E-state index in [9.17, 15) is 9.59 Å². The summed E-state index contributed by atoms with van der Waals surface area (Å²) in [6.07, 6.45) is 1.56. The molecule has 7 nitrogen and oxygen atoms in total. The van der Waals surface area contributed by atoms with E-state index in [1.807, 2.05) is 31.3 Å². The molecule has 0 radical (unpaired) electrons. The van der Waals surface area contributed by atoms with Crippen molar-refractivity contribution in [3.8, 4) is 0 Å². The number of aryl methyl sites for hydroxylation is 2. The van der Waals surface area contributed by atoms with Crippen molar-refractivity contribution in [2.75, 3.05) is 19.6 Å². The Labute approximate surface area is 153 Å². The predicted octanol–water partition coefficient (Wildman–Crippen LogP) is 0.541. The van der Waals surface area contributed by atoms with E-state index in [1.165, 1.54) is 0 Å². The first-order chi connectivity index (χ1) is 10.6. The molecule has 0 atom stereocenters. The number of fused-ring (bicyclic) bond motifs is 1. The highest BCUT2D eigenvalue weighted by molar-refractivity contribution is 5.86. The second kappa shape index (κ2) is 10.9. The van der Waals surface area contributed by atoms with Crippen LogP contribution in [0.2, 0.25) is 0 Å². The second-order valence-corrected chi connectivity index (χ2v) is 5.01. The summed E-state index contributed by atoms with van der Waals surface area (Å²) in [6.45, 7) is 0.392. The number of hydrogen-bond donors (Lipinski definition) is 3. The molecule has 0 aliphatic rings. The van der Waals surface area contributed by atoms with E-state index in [0.29, 0.717) is 6.54 Å². The average molecular weight is 376 g/mol. The van der Waals surface area contributed by atoms with Gasteiger partial charge in [0.1, 0.15) is 5.82 Å². The molecule has 9 heteroatoms. The van der Waals surface area contributed by atoms with E-state index >= 15 is 0 Å². The van der Waals surface area contributed by atoms with Gasteiger partial charge in [-0.05, 0) is 18.6 Å². The Morgan fingerprint density at radius 2 is 1.88 bits per heavy atom. The molecule has 0 fully saturated rings. The number of halogens is 2. The summed E-state index contributed by atoms with van der Waals surface area (Å²) < 4.78 is 2.07. The topological polar surface area (TPSA) is 102 Å². The van der Waals surface area contributed by atoms with Crippen LogP contribution in [0.15, 0.2) is 24.3 Å². The number of nitrogens with zero attached hydrogens (tertiary/aromatic N) is 2. The summed E-state index contributed by atoms with van der Waals surface area (Å²) in [5.74, 6) is 0.438. The predicted molar refractivity (Wildman–Crippen MR) is 98.6 cm³/mol. The van der Waals surface area contributed by atoms with E-state index < -0.39 is 0 Å². The molecule has 24 heavy (non-hydrogen) atoms. The van der Waals surface area contributed by atoms with Gasteiger partial charge in [-0.1, -0.05) is 12.1 Å². The van der Waals surface area contributed by atoms with Crippen molar-refractivity contribution in [2.24, 2.45) is 12.8 Å². The zero-order chi connectivity index (χ0) is 15.9. The zero-order valence-electron chi connectivity index (χ0n) is 13.4. The van der Waals surface area contributed by atoms with Crippen molar-refractivity contribution in [3.05, 3.63) is 30.1 Å². The van der Waals surface area contributed by atoms with E-state index in [1.54, 1.807) is 0 Å². The zero-order valence-corrected chi connectivity index (χ0v) is 15.1. The molecule has 2 amide bonds. The minimum absolute atomic E-state index is 0. The third kappa shape index (κ3) is 5.99. The van der Waals surface area contributed by atoms with Crippen molar-refractivity contribution < 1.29 is 9.59 Å². The Morgan fingerprint density at radius 3 is 2.54 bits per heavy atom. The van der Waals surface area contributed by atoms with Gasteiger partial charge >= 0.3 is 0 Å². The van der Waals surface area contributed by atoms with Gasteiger partial charge in [0.2, 0.25) is 11.8 Å². The van der Waals surface area contributed by atoms with Gasteiger partial charge in [-0.2, -0.15) is 0 Å². The van der Waals surface area contributed by atoms with Gasteiger partial charge < -0.3 is 20.9 Å². The number of aromatic nitrogens is 2. The molecule has 0 aliphatic carbocycles. The lowest BCUT2D eigenvalue weighted by Gasteiger charge is -2.06. The highest BCUT2D eigenvalue weighted by atomic mass is 35.5. The van der Waals surface area contributed by atoms with Crippen LogP contribution < -0.4 is 16.4 Å². The highest BCUT2D eigenvalue weighted by Crippen LogP contribution is 2.14. The second-order valence-electron chi connectivity index (χ2n) is 5.01. The number of carbonyl (C=O) groups is 2. The standard InChI is InChI=1S/C15H21N5O2.2ClH/c1-20-12-6-3-2-5-11(12)19-13(20)7-4-8-17-15(22)10-18-14(21)9-16;;/h2-3,5-6H,4,7-10,16H2,1H3,(H,17,22)(H,18,21);2*1H. The molecule has 0 saturated carbocycles. The molecule has 1 aromatic carbocycles. The number of benzene rings is 1. The Hall–Kier alpha value is -1.83. The maximum absolute atomic E-state index is 11.5. The molecular formula is C15H23Cl2N5O2. The molecule has 2 aromatic rings. The Kier molecular flexibility index (Phi) is 10.0. The molecule has 0 saturated heterocycles. The highest BCUT2D eigenvalue weighted by Gasteiger charge is 2.07. The van der Waals surface area contributed by atoms with Crippen LogP contribution in [0, 0.1) is 0 Å². The maximum atomic E-state index is 11.5. The summed E-state index contributed by atoms with van der Waals surface area (Å²) in [7, 11) is 1.99. The van der Waals surface area contributed by atoms with Crippen LogP contribution in [0.1, 0.15) is 12.2 Å². The molecule has 4 N–H and O–H groups in total. The fourth-order valence-corrected chi connectivity index (χ4v) is 2.21. The van der Waals surface area contributed by atoms with Gasteiger partial charge in [0.25, 0.3) is 0 Å². The molecule has 0 aliphatic heterocycles. The number of nitrogens with two attached hydrogens (primary N) is 1. The first-order valence-electron chi connectivity index (χ1n) is 7.25. The molecule has 1 aromatic heterocycles. The summed E-state index contributed by atoms with van der Waals surface area (Å²) in [4.78, 5) is 27.0. The summed E-state index contributed by atoms with van der Waals surface area (Å²) in [6, 6.07) is 7.98. The van der Waals surface area contributed by atoms with Gasteiger partial charge in [0.15, 0.2) is 0 Å². The minimum Gasteiger partial charge on any atom is -0.355 e. The maximum Gasteiger partial charge on any atom is 0.239 e. The van der Waals surface area contributed by atoms with Crippen molar-refractivity contribution >= 4 is 47.7 Å². The van der Waals surface area contributed by atoms with Gasteiger partial charge in [-0.3, -0.25) is 9.59 Å². The third-order valence-electron chi connectivity index (χ3n) is 3.41. The van der Waals surface area contributed by atoms with Crippen LogP contribution in [-0.2, 0) is 23.1 Å². The van der Waals surface area contributed by atoms with E-state index in [2.05, 4.69) is 20.2 Å². The Bertz CT molecular complexity index is 675. The minimum atomic E-state index is -0.338. The van der Waals surface area contributed by atoms with Crippen LogP contribution in [0.4, 0.5) is 0 Å². The van der Waals surface area contributed by atoms with Gasteiger partial charge in [-0.15, -0.1) is 24.8 Å². The number of imidazole rings is 1. The smallest absolute Gasteiger partial charge is 0.239 e. The summed E-state index contributed by atoms with van der Waals surface area (Å²) in [5, 5.41) is 5.18. The normalized spacial score (nSPS) is 9.75. The number of para-hydroxylation sites is 2. The van der Waals surface area contributed by atoms with Crippen molar-refractivity contribution in [1.82, 2.24) is 20.2 Å². The number of rotatable bonds is 7.